The summed E-state index contributed by atoms with van der Waals surface area (Å²) in [5, 5.41) is 10.9. The van der Waals surface area contributed by atoms with Crippen molar-refractivity contribution >= 4 is 23.2 Å². The Bertz CT molecular complexity index is 830. The minimum Gasteiger partial charge on any atom is -0.493 e. The van der Waals surface area contributed by atoms with Crippen molar-refractivity contribution in [2.75, 3.05) is 0 Å². The summed E-state index contributed by atoms with van der Waals surface area (Å²) in [7, 11) is 0. The highest BCUT2D eigenvalue weighted by atomic mass is 35.5. The van der Waals surface area contributed by atoms with Gasteiger partial charge in [-0.15, -0.1) is 5.92 Å². The lowest BCUT2D eigenvalue weighted by Gasteiger charge is -2.06. The Kier molecular flexibility index (Phi) is 3.48. The van der Waals surface area contributed by atoms with E-state index >= 15 is 0 Å². The number of halogens is 2. The smallest absolute Gasteiger partial charge is 0.278 e. The molecule has 0 atom stereocenters. The molecule has 0 bridgehead atoms. The van der Waals surface area contributed by atoms with Crippen LogP contribution in [0, 0.1) is 11.8 Å². The molecule has 6 heteroatoms. The Balaban J connectivity index is 2.27. The second kappa shape index (κ2) is 5.18. The van der Waals surface area contributed by atoms with E-state index in [1.165, 1.54) is 4.68 Å². The van der Waals surface area contributed by atoms with Crippen molar-refractivity contribution in [3.63, 3.8) is 0 Å². The highest BCUT2D eigenvalue weighted by Gasteiger charge is 2.27. The largest absolute Gasteiger partial charge is 0.493 e. The van der Waals surface area contributed by atoms with Crippen LogP contribution in [0.5, 0.6) is 5.88 Å². The maximum atomic E-state index is 12.4. The lowest BCUT2D eigenvalue weighted by atomic mass is 10.1. The third-order valence-electron chi connectivity index (χ3n) is 3.51. The van der Waals surface area contributed by atoms with Crippen LogP contribution in [-0.2, 0) is 13.1 Å². The SMILES string of the molecule is CC#Cc1cc(Cl)c(-c2c(O)n3n(c2=O)CCC3)c(Cl)c1. The molecule has 0 radical (unpaired) electrons. The van der Waals surface area contributed by atoms with Gasteiger partial charge in [0.15, 0.2) is 0 Å². The fourth-order valence-corrected chi connectivity index (χ4v) is 3.32. The van der Waals surface area contributed by atoms with Gasteiger partial charge in [0.25, 0.3) is 5.56 Å². The molecule has 0 amide bonds. The number of nitrogens with zero attached hydrogens (tertiary/aromatic N) is 2. The van der Waals surface area contributed by atoms with Crippen molar-refractivity contribution in [2.24, 2.45) is 0 Å². The summed E-state index contributed by atoms with van der Waals surface area (Å²) in [5.41, 5.74) is 0.906. The van der Waals surface area contributed by atoms with Crippen LogP contribution in [0.2, 0.25) is 10.0 Å². The minimum atomic E-state index is -0.275. The maximum Gasteiger partial charge on any atom is 0.278 e. The van der Waals surface area contributed by atoms with Gasteiger partial charge >= 0.3 is 0 Å². The van der Waals surface area contributed by atoms with Crippen molar-refractivity contribution in [1.82, 2.24) is 9.36 Å². The highest BCUT2D eigenvalue weighted by molar-refractivity contribution is 6.39. The van der Waals surface area contributed by atoms with E-state index in [4.69, 9.17) is 23.2 Å². The summed E-state index contributed by atoms with van der Waals surface area (Å²) < 4.78 is 3.07. The maximum absolute atomic E-state index is 12.4. The molecule has 2 aromatic rings. The fourth-order valence-electron chi connectivity index (χ4n) is 2.64. The second-order valence-corrected chi connectivity index (χ2v) is 5.61. The monoisotopic (exact) mass is 322 g/mol. The van der Waals surface area contributed by atoms with E-state index in [0.717, 1.165) is 6.42 Å². The zero-order valence-electron chi connectivity index (χ0n) is 11.3. The molecular formula is C15H12Cl2N2O2. The topological polar surface area (TPSA) is 47.2 Å². The van der Waals surface area contributed by atoms with Crippen LogP contribution < -0.4 is 5.56 Å². The lowest BCUT2D eigenvalue weighted by Crippen LogP contribution is -2.17. The third kappa shape index (κ3) is 2.14. The molecule has 0 fully saturated rings. The normalized spacial score (nSPS) is 12.9. The molecule has 108 valence electrons. The van der Waals surface area contributed by atoms with Crippen LogP contribution in [-0.4, -0.2) is 14.5 Å². The van der Waals surface area contributed by atoms with Gasteiger partial charge in [0.05, 0.1) is 10.0 Å². The number of hydrogen-bond donors (Lipinski definition) is 1. The molecule has 1 N–H and O–H groups in total. The van der Waals surface area contributed by atoms with Gasteiger partial charge in [-0.05, 0) is 25.5 Å². The molecule has 0 aliphatic carbocycles. The van der Waals surface area contributed by atoms with E-state index in [0.29, 0.717) is 34.3 Å². The molecule has 1 aliphatic heterocycles. The Labute approximate surface area is 131 Å². The molecule has 21 heavy (non-hydrogen) atoms. The number of fused-ring (bicyclic) bond motifs is 1. The van der Waals surface area contributed by atoms with Crippen LogP contribution in [0.15, 0.2) is 16.9 Å². The average Bonchev–Trinajstić information content (AvgIpc) is 2.98. The van der Waals surface area contributed by atoms with Gasteiger partial charge in [-0.3, -0.25) is 9.48 Å². The molecule has 3 rings (SSSR count). The second-order valence-electron chi connectivity index (χ2n) is 4.79. The van der Waals surface area contributed by atoms with Crippen LogP contribution in [0.1, 0.15) is 18.9 Å². The Morgan fingerprint density at radius 2 is 1.76 bits per heavy atom. The highest BCUT2D eigenvalue weighted by Crippen LogP contribution is 2.39. The molecule has 1 aromatic carbocycles. The fraction of sp³-hybridized carbons (Fsp3) is 0.267. The zero-order valence-corrected chi connectivity index (χ0v) is 12.8. The van der Waals surface area contributed by atoms with Crippen LogP contribution in [0.4, 0.5) is 0 Å². The Hall–Kier alpha value is -1.83. The first-order valence-electron chi connectivity index (χ1n) is 6.49. The quantitative estimate of drug-likeness (QED) is 0.820. The molecule has 2 heterocycles. The van der Waals surface area contributed by atoms with E-state index in [1.54, 1.807) is 23.7 Å². The van der Waals surface area contributed by atoms with Crippen molar-refractivity contribution in [1.29, 1.82) is 0 Å². The van der Waals surface area contributed by atoms with Crippen molar-refractivity contribution in [3.05, 3.63) is 38.1 Å². The summed E-state index contributed by atoms with van der Waals surface area (Å²) >= 11 is 12.5. The van der Waals surface area contributed by atoms with Gasteiger partial charge in [-0.2, -0.15) is 0 Å². The van der Waals surface area contributed by atoms with E-state index in [-0.39, 0.29) is 17.0 Å². The summed E-state index contributed by atoms with van der Waals surface area (Å²) in [6, 6.07) is 3.29. The number of aromatic nitrogens is 2. The number of hydrogen-bond acceptors (Lipinski definition) is 2. The first kappa shape index (κ1) is 14.1. The molecule has 0 unspecified atom stereocenters. The average molecular weight is 323 g/mol. The molecule has 4 nitrogen and oxygen atoms in total. The molecule has 1 aliphatic rings. The van der Waals surface area contributed by atoms with Gasteiger partial charge in [-0.1, -0.05) is 29.1 Å². The van der Waals surface area contributed by atoms with Gasteiger partial charge in [0.2, 0.25) is 5.88 Å². The summed E-state index contributed by atoms with van der Waals surface area (Å²) in [4.78, 5) is 12.4. The van der Waals surface area contributed by atoms with Gasteiger partial charge in [0, 0.05) is 24.2 Å². The third-order valence-corrected chi connectivity index (χ3v) is 4.11. The predicted molar refractivity (Wildman–Crippen MR) is 83.0 cm³/mol. The predicted octanol–water partition coefficient (Wildman–Crippen LogP) is 3.10. The lowest BCUT2D eigenvalue weighted by molar-refractivity contribution is 0.399. The van der Waals surface area contributed by atoms with Crippen molar-refractivity contribution in [3.8, 4) is 28.8 Å². The van der Waals surface area contributed by atoms with Gasteiger partial charge in [0.1, 0.15) is 5.56 Å². The summed E-state index contributed by atoms with van der Waals surface area (Å²) in [6.07, 6.45) is 0.829. The Morgan fingerprint density at radius 3 is 2.33 bits per heavy atom. The summed E-state index contributed by atoms with van der Waals surface area (Å²) in [6.45, 7) is 2.91. The van der Waals surface area contributed by atoms with E-state index in [9.17, 15) is 9.90 Å². The number of aromatic hydroxyl groups is 1. The molecule has 0 spiro atoms. The van der Waals surface area contributed by atoms with Gasteiger partial charge < -0.3 is 5.11 Å². The first-order valence-corrected chi connectivity index (χ1v) is 7.25. The molecule has 0 saturated heterocycles. The Morgan fingerprint density at radius 1 is 1.14 bits per heavy atom. The molecule has 1 aromatic heterocycles. The minimum absolute atomic E-state index is 0.0874. The van der Waals surface area contributed by atoms with Crippen molar-refractivity contribution < 1.29 is 5.11 Å². The molecular weight excluding hydrogens is 311 g/mol. The molecule has 0 saturated carbocycles. The number of rotatable bonds is 1. The van der Waals surface area contributed by atoms with E-state index in [1.807, 2.05) is 0 Å². The zero-order chi connectivity index (χ0) is 15.1. The van der Waals surface area contributed by atoms with E-state index in [2.05, 4.69) is 11.8 Å². The van der Waals surface area contributed by atoms with Gasteiger partial charge in [-0.25, -0.2) is 4.68 Å². The standard InChI is InChI=1S/C15H12Cl2N2O2/c1-2-4-9-7-10(16)12(11(17)8-9)13-14(20)18-5-3-6-19(18)15(13)21/h7-8,20H,3,5-6H2,1H3. The van der Waals surface area contributed by atoms with Crippen LogP contribution >= 0.6 is 23.2 Å². The van der Waals surface area contributed by atoms with Crippen LogP contribution in [0.3, 0.4) is 0 Å². The van der Waals surface area contributed by atoms with Crippen molar-refractivity contribution in [2.45, 2.75) is 26.4 Å². The number of benzene rings is 1. The summed E-state index contributed by atoms with van der Waals surface area (Å²) in [5.74, 6) is 5.54. The first-order chi connectivity index (χ1) is 10.0. The van der Waals surface area contributed by atoms with E-state index < -0.39 is 0 Å². The van der Waals surface area contributed by atoms with Crippen LogP contribution in [0.25, 0.3) is 11.1 Å².